The highest BCUT2D eigenvalue weighted by molar-refractivity contribution is 6.01. The van der Waals surface area contributed by atoms with Crippen molar-refractivity contribution in [3.8, 4) is 0 Å². The number of hydrogen-bond donors (Lipinski definition) is 2. The van der Waals surface area contributed by atoms with Crippen LogP contribution in [0.2, 0.25) is 0 Å². The molecule has 0 spiro atoms. The number of rotatable bonds is 0. The fourth-order valence-corrected chi connectivity index (χ4v) is 2.38. The van der Waals surface area contributed by atoms with Gasteiger partial charge < -0.3 is 14.7 Å². The summed E-state index contributed by atoms with van der Waals surface area (Å²) in [7, 11) is 0. The van der Waals surface area contributed by atoms with Gasteiger partial charge in [-0.15, -0.1) is 4.99 Å². The molecule has 1 saturated heterocycles. The molecule has 0 aromatic rings. The summed E-state index contributed by atoms with van der Waals surface area (Å²) in [5.74, 6) is -2.10. The number of esters is 1. The second kappa shape index (κ2) is 10.6. The summed E-state index contributed by atoms with van der Waals surface area (Å²) in [6.07, 6.45) is 3.97. The monoisotopic (exact) mass is 344 g/mol. The lowest BCUT2D eigenvalue weighted by Gasteiger charge is -2.21. The molecule has 1 heterocycles. The number of likely N-dealkylation sites (N-methyl/N-ethyl adjacent to an activating group) is 1. The lowest BCUT2D eigenvalue weighted by molar-refractivity contribution is -0.148. The molecule has 1 aliphatic rings. The number of carboxylic acid groups (broad SMARTS) is 1. The summed E-state index contributed by atoms with van der Waals surface area (Å²) in [5, 5.41) is 11.1. The van der Waals surface area contributed by atoms with Crippen molar-refractivity contribution in [2.75, 3.05) is 13.5 Å². The summed E-state index contributed by atoms with van der Waals surface area (Å²) in [6, 6.07) is 0. The van der Waals surface area contributed by atoms with Gasteiger partial charge in [-0.2, -0.15) is 0 Å². The SMILES string of the molecule is [2H]C([2H])([2H])N1CC(=O)OC(C)CCCCCCCCC(=O)NC1=NC(=O)O. The zero-order chi connectivity index (χ0) is 20.4. The highest BCUT2D eigenvalue weighted by Crippen LogP contribution is 2.12. The molecule has 2 N–H and O–H groups in total. The molecule has 8 nitrogen and oxygen atoms in total. The van der Waals surface area contributed by atoms with Crippen LogP contribution in [0.4, 0.5) is 4.79 Å². The van der Waals surface area contributed by atoms with Crippen molar-refractivity contribution in [1.29, 1.82) is 0 Å². The number of guanidine groups is 1. The molecule has 1 atom stereocenters. The number of amides is 2. The van der Waals surface area contributed by atoms with Gasteiger partial charge >= 0.3 is 12.1 Å². The van der Waals surface area contributed by atoms with Gasteiger partial charge in [-0.1, -0.05) is 25.7 Å². The molecule has 0 aromatic carbocycles. The van der Waals surface area contributed by atoms with Gasteiger partial charge in [0.2, 0.25) is 11.9 Å². The summed E-state index contributed by atoms with van der Waals surface area (Å²) in [4.78, 5) is 38.8. The van der Waals surface area contributed by atoms with E-state index in [9.17, 15) is 14.4 Å². The third-order valence-corrected chi connectivity index (χ3v) is 3.59. The van der Waals surface area contributed by atoms with E-state index in [1.165, 1.54) is 0 Å². The fraction of sp³-hybridized carbons (Fsp3) is 0.750. The first-order valence-corrected chi connectivity index (χ1v) is 8.18. The van der Waals surface area contributed by atoms with Crippen LogP contribution in [0.25, 0.3) is 0 Å². The molecular weight excluding hydrogens is 314 g/mol. The standard InChI is InChI=1S/C16H27N3O5/c1-12-9-7-5-3-4-6-8-10-13(20)17-15(18-16(22)23)19(2)11-14(21)24-12/h12H,3-11H2,1-2H3,(H,22,23)(H,17,18,20)/i2D3. The van der Waals surface area contributed by atoms with E-state index in [1.54, 1.807) is 6.92 Å². The topological polar surface area (TPSA) is 108 Å². The minimum atomic E-state index is -2.89. The average molecular weight is 344 g/mol. The van der Waals surface area contributed by atoms with E-state index in [2.05, 4.69) is 10.3 Å². The number of ether oxygens (including phenoxy) is 1. The van der Waals surface area contributed by atoms with E-state index >= 15 is 0 Å². The second-order valence-corrected chi connectivity index (χ2v) is 5.81. The van der Waals surface area contributed by atoms with E-state index in [0.29, 0.717) is 17.7 Å². The molecule has 8 heteroatoms. The van der Waals surface area contributed by atoms with Crippen molar-refractivity contribution in [3.05, 3.63) is 0 Å². The van der Waals surface area contributed by atoms with Crippen LogP contribution in [0.3, 0.4) is 0 Å². The maximum absolute atomic E-state index is 12.1. The molecule has 2 amide bonds. The number of cyclic esters (lactones) is 1. The highest BCUT2D eigenvalue weighted by Gasteiger charge is 2.18. The molecule has 0 aliphatic carbocycles. The number of aliphatic imine (C=N–C) groups is 1. The van der Waals surface area contributed by atoms with Crippen LogP contribution in [0.1, 0.15) is 62.4 Å². The van der Waals surface area contributed by atoms with Crippen LogP contribution in [0, 0.1) is 0 Å². The Hall–Kier alpha value is -2.12. The third-order valence-electron chi connectivity index (χ3n) is 3.59. The Morgan fingerprint density at radius 1 is 1.29 bits per heavy atom. The van der Waals surface area contributed by atoms with Gasteiger partial charge in [0.1, 0.15) is 6.54 Å². The molecule has 24 heavy (non-hydrogen) atoms. The number of carbonyl (C=O) groups is 3. The first-order chi connectivity index (χ1) is 12.6. The molecule has 1 rings (SSSR count). The van der Waals surface area contributed by atoms with Crippen LogP contribution in [-0.4, -0.2) is 53.6 Å². The molecule has 1 aliphatic heterocycles. The normalized spacial score (nSPS) is 26.7. The highest BCUT2D eigenvalue weighted by atomic mass is 16.5. The van der Waals surface area contributed by atoms with Crippen molar-refractivity contribution >= 4 is 23.9 Å². The fourth-order valence-electron chi connectivity index (χ4n) is 2.38. The van der Waals surface area contributed by atoms with Crippen LogP contribution >= 0.6 is 0 Å². The Labute approximate surface area is 146 Å². The first-order valence-electron chi connectivity index (χ1n) is 9.68. The minimum absolute atomic E-state index is 0.106. The average Bonchev–Trinajstić information content (AvgIpc) is 2.52. The molecule has 1 unspecified atom stereocenters. The van der Waals surface area contributed by atoms with Gasteiger partial charge in [0.05, 0.1) is 6.10 Å². The molecular formula is C16H27N3O5. The minimum Gasteiger partial charge on any atom is -0.463 e. The third kappa shape index (κ3) is 8.50. The largest absolute Gasteiger partial charge is 0.463 e. The quantitative estimate of drug-likeness (QED) is 0.652. The van der Waals surface area contributed by atoms with Crippen molar-refractivity contribution in [1.82, 2.24) is 10.2 Å². The van der Waals surface area contributed by atoms with Crippen LogP contribution in [0.15, 0.2) is 4.99 Å². The van der Waals surface area contributed by atoms with Crippen LogP contribution < -0.4 is 5.32 Å². The van der Waals surface area contributed by atoms with E-state index in [1.807, 2.05) is 0 Å². The maximum atomic E-state index is 12.1. The Bertz CT molecular complexity index is 566. The molecule has 0 radical (unpaired) electrons. The van der Waals surface area contributed by atoms with E-state index in [0.717, 1.165) is 32.1 Å². The Morgan fingerprint density at radius 3 is 2.62 bits per heavy atom. The zero-order valence-electron chi connectivity index (χ0n) is 16.9. The van der Waals surface area contributed by atoms with Crippen molar-refractivity contribution < 1.29 is 28.3 Å². The summed E-state index contributed by atoms with van der Waals surface area (Å²) < 4.78 is 27.9. The zero-order valence-corrected chi connectivity index (χ0v) is 13.9. The van der Waals surface area contributed by atoms with Crippen LogP contribution in [-0.2, 0) is 14.3 Å². The van der Waals surface area contributed by atoms with E-state index in [-0.39, 0.29) is 6.42 Å². The number of nitrogens with zero attached hydrogens (tertiary/aromatic N) is 2. The van der Waals surface area contributed by atoms with Gasteiger partial charge in [-0.3, -0.25) is 14.9 Å². The lowest BCUT2D eigenvalue weighted by Crippen LogP contribution is -2.45. The van der Waals surface area contributed by atoms with Gasteiger partial charge in [-0.05, 0) is 26.2 Å². The van der Waals surface area contributed by atoms with Gasteiger partial charge in [0.15, 0.2) is 0 Å². The van der Waals surface area contributed by atoms with Crippen molar-refractivity contribution in [2.45, 2.75) is 64.4 Å². The maximum Gasteiger partial charge on any atom is 0.434 e. The van der Waals surface area contributed by atoms with Crippen molar-refractivity contribution in [2.24, 2.45) is 4.99 Å². The number of hydrogen-bond acceptors (Lipinski definition) is 4. The summed E-state index contributed by atoms with van der Waals surface area (Å²) in [6.45, 7) is -1.93. The molecule has 136 valence electrons. The lowest BCUT2D eigenvalue weighted by atomic mass is 10.1. The van der Waals surface area contributed by atoms with Gasteiger partial charge in [0.25, 0.3) is 0 Å². The predicted molar refractivity (Wildman–Crippen MR) is 88.7 cm³/mol. The Kier molecular flexibility index (Phi) is 6.82. The summed E-state index contributed by atoms with van der Waals surface area (Å²) >= 11 is 0. The second-order valence-electron chi connectivity index (χ2n) is 5.81. The van der Waals surface area contributed by atoms with E-state index < -0.39 is 43.6 Å². The van der Waals surface area contributed by atoms with Crippen LogP contribution in [0.5, 0.6) is 0 Å². The van der Waals surface area contributed by atoms with E-state index in [4.69, 9.17) is 14.0 Å². The Balaban J connectivity index is 3.05. The smallest absolute Gasteiger partial charge is 0.434 e. The molecule has 1 fully saturated rings. The molecule has 0 bridgehead atoms. The predicted octanol–water partition coefficient (Wildman–Crippen LogP) is 2.13. The molecule has 0 saturated carbocycles. The summed E-state index contributed by atoms with van der Waals surface area (Å²) in [5.41, 5.74) is 0. The number of nitrogens with one attached hydrogen (secondary N) is 1. The Morgan fingerprint density at radius 2 is 1.96 bits per heavy atom. The van der Waals surface area contributed by atoms with Crippen molar-refractivity contribution in [3.63, 3.8) is 0 Å². The van der Waals surface area contributed by atoms with Gasteiger partial charge in [0, 0.05) is 17.5 Å². The van der Waals surface area contributed by atoms with Gasteiger partial charge in [-0.25, -0.2) is 4.79 Å². The first kappa shape index (κ1) is 15.4. The molecule has 0 aromatic heterocycles. The number of carbonyl (C=O) groups excluding carboxylic acids is 2.